The predicted molar refractivity (Wildman–Crippen MR) is 79.6 cm³/mol. The van der Waals surface area contributed by atoms with Crippen molar-refractivity contribution in [1.29, 1.82) is 0 Å². The highest BCUT2D eigenvalue weighted by molar-refractivity contribution is 6.44. The van der Waals surface area contributed by atoms with Gasteiger partial charge in [-0.15, -0.1) is 0 Å². The number of nitrogen functional groups attached to an aromatic ring is 1. The van der Waals surface area contributed by atoms with E-state index in [1.807, 2.05) is 0 Å². The third-order valence-electron chi connectivity index (χ3n) is 2.14. The molecule has 0 aliphatic rings. The molecule has 100 valence electrons. The maximum absolute atomic E-state index is 6.05. The summed E-state index contributed by atoms with van der Waals surface area (Å²) in [6.07, 6.45) is 1.40. The molecule has 2 rings (SSSR count). The number of hydrazine groups is 1. The van der Waals surface area contributed by atoms with Gasteiger partial charge in [0.15, 0.2) is 5.82 Å². The molecule has 0 bridgehead atoms. The van der Waals surface area contributed by atoms with Crippen LogP contribution in [0.1, 0.15) is 0 Å². The first-order valence-electron chi connectivity index (χ1n) is 4.92. The molecule has 0 aliphatic carbocycles. The second kappa shape index (κ2) is 5.98. The van der Waals surface area contributed by atoms with Crippen LogP contribution < -0.4 is 16.6 Å². The molecule has 0 atom stereocenters. The van der Waals surface area contributed by atoms with E-state index in [1.54, 1.807) is 6.07 Å². The number of hydrogen-bond acceptors (Lipinski definition) is 5. The molecule has 1 heterocycles. The minimum atomic E-state index is 0.211. The Morgan fingerprint density at radius 3 is 2.32 bits per heavy atom. The van der Waals surface area contributed by atoms with Crippen LogP contribution in [0.15, 0.2) is 18.3 Å². The van der Waals surface area contributed by atoms with E-state index in [2.05, 4.69) is 20.7 Å². The van der Waals surface area contributed by atoms with Crippen molar-refractivity contribution in [2.75, 3.05) is 10.7 Å². The van der Waals surface area contributed by atoms with Gasteiger partial charge in [-0.3, -0.25) is 5.43 Å². The van der Waals surface area contributed by atoms with E-state index in [0.29, 0.717) is 31.6 Å². The second-order valence-corrected chi connectivity index (χ2v) is 5.03. The lowest BCUT2D eigenvalue weighted by Gasteiger charge is -2.11. The summed E-state index contributed by atoms with van der Waals surface area (Å²) in [6.45, 7) is 0. The van der Waals surface area contributed by atoms with Crippen LogP contribution in [0.3, 0.4) is 0 Å². The first-order chi connectivity index (χ1) is 9.01. The van der Waals surface area contributed by atoms with Gasteiger partial charge >= 0.3 is 0 Å². The number of hydrogen-bond donors (Lipinski definition) is 3. The number of halogens is 4. The molecule has 19 heavy (non-hydrogen) atoms. The monoisotopic (exact) mass is 337 g/mol. The van der Waals surface area contributed by atoms with E-state index in [9.17, 15) is 0 Å². The summed E-state index contributed by atoms with van der Waals surface area (Å²) in [5.74, 6) is 5.77. The number of nitrogens with one attached hydrogen (secondary N) is 2. The van der Waals surface area contributed by atoms with E-state index in [1.165, 1.54) is 12.3 Å². The van der Waals surface area contributed by atoms with E-state index in [0.717, 1.165) is 0 Å². The van der Waals surface area contributed by atoms with Crippen LogP contribution >= 0.6 is 46.4 Å². The summed E-state index contributed by atoms with van der Waals surface area (Å²) in [5.41, 5.74) is 2.83. The second-order valence-electron chi connectivity index (χ2n) is 3.41. The molecule has 0 radical (unpaired) electrons. The fraction of sp³-hybridized carbons (Fsp3) is 0. The third kappa shape index (κ3) is 3.32. The zero-order valence-electron chi connectivity index (χ0n) is 9.22. The van der Waals surface area contributed by atoms with Crippen molar-refractivity contribution in [2.24, 2.45) is 5.84 Å². The smallest absolute Gasteiger partial charge is 0.239 e. The Morgan fingerprint density at radius 2 is 1.63 bits per heavy atom. The highest BCUT2D eigenvalue weighted by Gasteiger charge is 2.10. The number of rotatable bonds is 3. The number of anilines is 3. The van der Waals surface area contributed by atoms with Crippen LogP contribution in [0.4, 0.5) is 17.5 Å². The van der Waals surface area contributed by atoms with E-state index >= 15 is 0 Å². The van der Waals surface area contributed by atoms with E-state index < -0.39 is 0 Å². The van der Waals surface area contributed by atoms with Crippen molar-refractivity contribution in [2.45, 2.75) is 0 Å². The van der Waals surface area contributed by atoms with Gasteiger partial charge in [-0.25, -0.2) is 10.8 Å². The van der Waals surface area contributed by atoms with E-state index in [4.69, 9.17) is 52.2 Å². The lowest BCUT2D eigenvalue weighted by molar-refractivity contribution is 1.12. The standard InChI is InChI=1S/C10H7Cl4N5/c11-4-1-6(13)8(2-5(4)12)17-9-7(14)3-16-10(18-9)19-15/h1-3H,15H2,(H2,16,17,18,19). The molecule has 0 saturated carbocycles. The Morgan fingerprint density at radius 1 is 0.947 bits per heavy atom. The first-order valence-corrected chi connectivity index (χ1v) is 6.43. The molecular weight excluding hydrogens is 332 g/mol. The van der Waals surface area contributed by atoms with Crippen LogP contribution in [-0.4, -0.2) is 9.97 Å². The number of benzene rings is 1. The summed E-state index contributed by atoms with van der Waals surface area (Å²) in [6, 6.07) is 3.09. The highest BCUT2D eigenvalue weighted by Crippen LogP contribution is 2.34. The fourth-order valence-corrected chi connectivity index (χ4v) is 2.00. The SMILES string of the molecule is NNc1ncc(Cl)c(Nc2cc(Cl)c(Cl)cc2Cl)n1. The maximum atomic E-state index is 6.05. The molecule has 1 aromatic carbocycles. The molecule has 0 fully saturated rings. The van der Waals surface area contributed by atoms with Crippen molar-refractivity contribution in [1.82, 2.24) is 9.97 Å². The molecule has 9 heteroatoms. The minimum Gasteiger partial charge on any atom is -0.338 e. The Bertz CT molecular complexity index is 619. The summed E-state index contributed by atoms with van der Waals surface area (Å²) in [5, 5.41) is 4.33. The van der Waals surface area contributed by atoms with Gasteiger partial charge < -0.3 is 5.32 Å². The number of nitrogens with zero attached hydrogens (tertiary/aromatic N) is 2. The van der Waals surface area contributed by atoms with Gasteiger partial charge in [0, 0.05) is 0 Å². The van der Waals surface area contributed by atoms with Gasteiger partial charge in [-0.2, -0.15) is 4.98 Å². The molecule has 1 aromatic heterocycles. The van der Waals surface area contributed by atoms with Crippen LogP contribution in [-0.2, 0) is 0 Å². The predicted octanol–water partition coefficient (Wildman–Crippen LogP) is 4.12. The summed E-state index contributed by atoms with van der Waals surface area (Å²) in [4.78, 5) is 7.91. The van der Waals surface area contributed by atoms with Crippen molar-refractivity contribution >= 4 is 63.9 Å². The van der Waals surface area contributed by atoms with Gasteiger partial charge in [-0.1, -0.05) is 46.4 Å². The topological polar surface area (TPSA) is 75.9 Å². The number of aromatic nitrogens is 2. The van der Waals surface area contributed by atoms with Crippen molar-refractivity contribution in [3.8, 4) is 0 Å². The Hall–Kier alpha value is -0.980. The van der Waals surface area contributed by atoms with Gasteiger partial charge in [0.2, 0.25) is 5.95 Å². The normalized spacial score (nSPS) is 10.4. The molecule has 4 N–H and O–H groups in total. The summed E-state index contributed by atoms with van der Waals surface area (Å²) < 4.78 is 0. The molecule has 0 aliphatic heterocycles. The van der Waals surface area contributed by atoms with Crippen LogP contribution in [0.5, 0.6) is 0 Å². The van der Waals surface area contributed by atoms with Crippen molar-refractivity contribution in [3.05, 3.63) is 38.4 Å². The van der Waals surface area contributed by atoms with Gasteiger partial charge in [0.25, 0.3) is 0 Å². The fourth-order valence-electron chi connectivity index (χ4n) is 1.27. The summed E-state index contributed by atoms with van der Waals surface area (Å²) in [7, 11) is 0. The zero-order valence-corrected chi connectivity index (χ0v) is 12.2. The Kier molecular flexibility index (Phi) is 4.54. The largest absolute Gasteiger partial charge is 0.338 e. The lowest BCUT2D eigenvalue weighted by Crippen LogP contribution is -2.11. The first kappa shape index (κ1) is 14.4. The minimum absolute atomic E-state index is 0.211. The van der Waals surface area contributed by atoms with Crippen molar-refractivity contribution < 1.29 is 0 Å². The Labute approximate surface area is 129 Å². The average Bonchev–Trinajstić information content (AvgIpc) is 2.38. The Balaban J connectivity index is 2.38. The quantitative estimate of drug-likeness (QED) is 0.446. The molecule has 2 aromatic rings. The van der Waals surface area contributed by atoms with Crippen LogP contribution in [0, 0.1) is 0 Å². The molecule has 5 nitrogen and oxygen atoms in total. The number of nitrogens with two attached hydrogens (primary N) is 1. The molecule has 0 amide bonds. The summed E-state index contributed by atoms with van der Waals surface area (Å²) >= 11 is 23.8. The van der Waals surface area contributed by atoms with Crippen molar-refractivity contribution in [3.63, 3.8) is 0 Å². The molecule has 0 unspecified atom stereocenters. The average molecular weight is 339 g/mol. The highest BCUT2D eigenvalue weighted by atomic mass is 35.5. The molecule has 0 saturated heterocycles. The van der Waals surface area contributed by atoms with Gasteiger partial charge in [0.1, 0.15) is 5.02 Å². The molecular formula is C10H7Cl4N5. The van der Waals surface area contributed by atoms with Gasteiger partial charge in [-0.05, 0) is 12.1 Å². The molecule has 0 spiro atoms. The lowest BCUT2D eigenvalue weighted by atomic mass is 10.3. The van der Waals surface area contributed by atoms with Gasteiger partial charge in [0.05, 0.1) is 27.0 Å². The van der Waals surface area contributed by atoms with Crippen LogP contribution in [0.2, 0.25) is 20.1 Å². The van der Waals surface area contributed by atoms with E-state index in [-0.39, 0.29) is 5.95 Å². The van der Waals surface area contributed by atoms with Crippen LogP contribution in [0.25, 0.3) is 0 Å². The zero-order chi connectivity index (χ0) is 14.0. The third-order valence-corrected chi connectivity index (χ3v) is 3.45. The maximum Gasteiger partial charge on any atom is 0.239 e.